The molecule has 0 aliphatic carbocycles. The number of nitrogens with zero attached hydrogens (tertiary/aromatic N) is 2. The van der Waals surface area contributed by atoms with Crippen LogP contribution in [0.15, 0.2) is 65.2 Å². The zero-order valence-corrected chi connectivity index (χ0v) is 19.1. The normalized spacial score (nSPS) is 22.4. The number of hydrogen-bond acceptors (Lipinski definition) is 6. The largest absolute Gasteiger partial charge is 0.465 e. The lowest BCUT2D eigenvalue weighted by atomic mass is 10.0. The minimum absolute atomic E-state index is 0.140. The number of thiocarbonyl (C=S) groups is 1. The highest BCUT2D eigenvalue weighted by atomic mass is 32.1. The van der Waals surface area contributed by atoms with Crippen LogP contribution in [0.2, 0.25) is 0 Å². The van der Waals surface area contributed by atoms with E-state index in [4.69, 9.17) is 26.1 Å². The number of nitrogens with one attached hydrogen (secondary N) is 1. The van der Waals surface area contributed by atoms with Crippen LogP contribution in [0.4, 0.5) is 0 Å². The summed E-state index contributed by atoms with van der Waals surface area (Å²) in [5.74, 6) is 1.06. The lowest BCUT2D eigenvalue weighted by Gasteiger charge is -2.28. The minimum Gasteiger partial charge on any atom is -0.465 e. The molecule has 3 atom stereocenters. The van der Waals surface area contributed by atoms with Gasteiger partial charge in [-0.25, -0.2) is 4.79 Å². The molecule has 33 heavy (non-hydrogen) atoms. The summed E-state index contributed by atoms with van der Waals surface area (Å²) in [6, 6.07) is 16.6. The second-order valence-electron chi connectivity index (χ2n) is 8.19. The summed E-state index contributed by atoms with van der Waals surface area (Å²) in [6.07, 6.45) is 4.00. The highest BCUT2D eigenvalue weighted by Gasteiger charge is 2.42. The summed E-state index contributed by atoms with van der Waals surface area (Å²) in [5.41, 5.74) is 2.17. The van der Waals surface area contributed by atoms with Gasteiger partial charge in [-0.05, 0) is 61.5 Å². The predicted molar refractivity (Wildman–Crippen MR) is 127 cm³/mol. The summed E-state index contributed by atoms with van der Waals surface area (Å²) in [4.78, 5) is 18.7. The maximum atomic E-state index is 12.0. The molecule has 2 saturated heterocycles. The summed E-state index contributed by atoms with van der Waals surface area (Å²) in [7, 11) is 1.37. The SMILES string of the molecule is COC(=O)c1cccc(-c2ccc([C@@H]3[C@H](c4ccccn4)NC(=S)N3C[C@H]3CCCO3)o2)c1. The zero-order chi connectivity index (χ0) is 22.8. The molecular weight excluding hydrogens is 438 g/mol. The molecule has 2 aliphatic heterocycles. The molecule has 0 bridgehead atoms. The molecule has 0 amide bonds. The molecule has 1 aromatic carbocycles. The Morgan fingerprint density at radius 1 is 1.24 bits per heavy atom. The number of furan rings is 1. The zero-order valence-electron chi connectivity index (χ0n) is 18.3. The summed E-state index contributed by atoms with van der Waals surface area (Å²) >= 11 is 5.73. The van der Waals surface area contributed by atoms with Crippen molar-refractivity contribution in [2.24, 2.45) is 0 Å². The molecule has 0 saturated carbocycles. The smallest absolute Gasteiger partial charge is 0.337 e. The van der Waals surface area contributed by atoms with E-state index in [1.807, 2.05) is 42.5 Å². The van der Waals surface area contributed by atoms with Gasteiger partial charge in [0.05, 0.1) is 30.5 Å². The number of carbonyl (C=O) groups excluding carboxylic acids is 1. The van der Waals surface area contributed by atoms with Crippen molar-refractivity contribution >= 4 is 23.3 Å². The van der Waals surface area contributed by atoms with Crippen LogP contribution in [-0.2, 0) is 9.47 Å². The Labute approximate surface area is 197 Å². The molecular formula is C25H25N3O4S. The van der Waals surface area contributed by atoms with Gasteiger partial charge in [-0.3, -0.25) is 4.98 Å². The fraction of sp³-hybridized carbons (Fsp3) is 0.320. The molecule has 8 heteroatoms. The fourth-order valence-corrected chi connectivity index (χ4v) is 4.82. The molecule has 0 unspecified atom stereocenters. The maximum Gasteiger partial charge on any atom is 0.337 e. The van der Waals surface area contributed by atoms with Gasteiger partial charge in [0.2, 0.25) is 0 Å². The average Bonchev–Trinajstić information content (AvgIpc) is 3.61. The van der Waals surface area contributed by atoms with Crippen LogP contribution in [0.5, 0.6) is 0 Å². The van der Waals surface area contributed by atoms with E-state index in [0.29, 0.717) is 23.0 Å². The monoisotopic (exact) mass is 463 g/mol. The first kappa shape index (κ1) is 21.6. The molecule has 0 spiro atoms. The third-order valence-electron chi connectivity index (χ3n) is 6.11. The number of ether oxygens (including phenoxy) is 2. The molecule has 4 heterocycles. The van der Waals surface area contributed by atoms with Crippen LogP contribution in [0.25, 0.3) is 11.3 Å². The molecule has 0 radical (unpaired) electrons. The van der Waals surface area contributed by atoms with Crippen molar-refractivity contribution in [2.45, 2.75) is 31.0 Å². The van der Waals surface area contributed by atoms with Crippen molar-refractivity contribution in [3.8, 4) is 11.3 Å². The van der Waals surface area contributed by atoms with Crippen LogP contribution < -0.4 is 5.32 Å². The van der Waals surface area contributed by atoms with Gasteiger partial charge in [-0.1, -0.05) is 18.2 Å². The molecule has 2 fully saturated rings. The molecule has 1 N–H and O–H groups in total. The van der Waals surface area contributed by atoms with E-state index in [2.05, 4.69) is 15.2 Å². The number of hydrogen-bond donors (Lipinski definition) is 1. The fourth-order valence-electron chi connectivity index (χ4n) is 4.50. The topological polar surface area (TPSA) is 76.8 Å². The van der Waals surface area contributed by atoms with Gasteiger partial charge in [-0.2, -0.15) is 0 Å². The summed E-state index contributed by atoms with van der Waals surface area (Å²) in [5, 5.41) is 4.11. The summed E-state index contributed by atoms with van der Waals surface area (Å²) in [6.45, 7) is 1.47. The van der Waals surface area contributed by atoms with E-state index in [1.54, 1.807) is 18.3 Å². The van der Waals surface area contributed by atoms with Crippen molar-refractivity contribution in [3.05, 3.63) is 77.8 Å². The van der Waals surface area contributed by atoms with Crippen molar-refractivity contribution in [2.75, 3.05) is 20.3 Å². The first-order valence-electron chi connectivity index (χ1n) is 11.0. The average molecular weight is 464 g/mol. The van der Waals surface area contributed by atoms with Gasteiger partial charge in [0, 0.05) is 24.9 Å². The number of benzene rings is 1. The third kappa shape index (κ3) is 4.36. The van der Waals surface area contributed by atoms with Crippen LogP contribution in [0, 0.1) is 0 Å². The second kappa shape index (κ2) is 9.33. The Balaban J connectivity index is 1.49. The van der Waals surface area contributed by atoms with E-state index < -0.39 is 0 Å². The van der Waals surface area contributed by atoms with Gasteiger partial charge in [0.15, 0.2) is 5.11 Å². The van der Waals surface area contributed by atoms with Crippen molar-refractivity contribution in [3.63, 3.8) is 0 Å². The molecule has 2 aromatic heterocycles. The molecule has 2 aliphatic rings. The van der Waals surface area contributed by atoms with Gasteiger partial charge in [-0.15, -0.1) is 0 Å². The number of pyridine rings is 1. The molecule has 3 aromatic rings. The van der Waals surface area contributed by atoms with E-state index in [-0.39, 0.29) is 24.2 Å². The Hall–Kier alpha value is -3.23. The number of methoxy groups -OCH3 is 1. The van der Waals surface area contributed by atoms with Crippen LogP contribution in [0.1, 0.15) is 46.7 Å². The number of esters is 1. The van der Waals surface area contributed by atoms with Crippen molar-refractivity contribution in [1.29, 1.82) is 0 Å². The molecule has 7 nitrogen and oxygen atoms in total. The van der Waals surface area contributed by atoms with Gasteiger partial charge in [0.1, 0.15) is 17.6 Å². The highest BCUT2D eigenvalue weighted by molar-refractivity contribution is 7.80. The van der Waals surface area contributed by atoms with Gasteiger partial charge >= 0.3 is 5.97 Å². The molecule has 170 valence electrons. The Bertz CT molecular complexity index is 1140. The van der Waals surface area contributed by atoms with E-state index >= 15 is 0 Å². The van der Waals surface area contributed by atoms with Gasteiger partial charge in [0.25, 0.3) is 0 Å². The standard InChI is InChI=1S/C25H25N3O4S/c1-30-24(29)17-7-4-6-16(14-17)20-10-11-21(32-20)23-22(19-9-2-3-12-26-19)27-25(33)28(23)15-18-8-5-13-31-18/h2-4,6-7,9-12,14,18,22-23H,5,8,13,15H2,1H3,(H,27,33)/t18-,22+,23-/m1/s1. The second-order valence-corrected chi connectivity index (χ2v) is 8.58. The van der Waals surface area contributed by atoms with E-state index in [0.717, 1.165) is 36.5 Å². The van der Waals surface area contributed by atoms with Crippen molar-refractivity contribution < 1.29 is 18.7 Å². The Morgan fingerprint density at radius 2 is 2.15 bits per heavy atom. The quantitative estimate of drug-likeness (QED) is 0.429. The van der Waals surface area contributed by atoms with Crippen LogP contribution >= 0.6 is 12.2 Å². The van der Waals surface area contributed by atoms with Crippen LogP contribution in [-0.4, -0.2) is 47.3 Å². The predicted octanol–water partition coefficient (Wildman–Crippen LogP) is 4.28. The maximum absolute atomic E-state index is 12.0. The Morgan fingerprint density at radius 3 is 2.91 bits per heavy atom. The van der Waals surface area contributed by atoms with Crippen LogP contribution in [0.3, 0.4) is 0 Å². The number of rotatable bonds is 6. The first-order valence-corrected chi connectivity index (χ1v) is 11.4. The lowest BCUT2D eigenvalue weighted by molar-refractivity contribution is 0.0600. The highest BCUT2D eigenvalue weighted by Crippen LogP contribution is 2.41. The molecule has 5 rings (SSSR count). The number of carbonyl (C=O) groups is 1. The first-order chi connectivity index (χ1) is 16.1. The van der Waals surface area contributed by atoms with E-state index in [9.17, 15) is 4.79 Å². The third-order valence-corrected chi connectivity index (χ3v) is 6.46. The van der Waals surface area contributed by atoms with Gasteiger partial charge < -0.3 is 24.1 Å². The number of aromatic nitrogens is 1. The minimum atomic E-state index is -0.382. The summed E-state index contributed by atoms with van der Waals surface area (Å²) < 4.78 is 17.1. The van der Waals surface area contributed by atoms with E-state index in [1.165, 1.54) is 7.11 Å². The lowest BCUT2D eigenvalue weighted by Crippen LogP contribution is -2.36. The Kier molecular flexibility index (Phi) is 6.11. The van der Waals surface area contributed by atoms with Crippen molar-refractivity contribution in [1.82, 2.24) is 15.2 Å².